The number of thiazole rings is 1. The summed E-state index contributed by atoms with van der Waals surface area (Å²) in [4.78, 5) is 16.5. The maximum absolute atomic E-state index is 12.1. The van der Waals surface area contributed by atoms with Crippen LogP contribution in [-0.2, 0) is 0 Å². The molecule has 2 N–H and O–H groups in total. The number of nitrogens with zero attached hydrogens (tertiary/aromatic N) is 1. The molecule has 0 aliphatic heterocycles. The largest absolute Gasteiger partial charge is 0.393 e. The van der Waals surface area contributed by atoms with Crippen LogP contribution < -0.4 is 5.32 Å². The average molecular weight is 304 g/mol. The summed E-state index contributed by atoms with van der Waals surface area (Å²) in [6.45, 7) is 4.36. The van der Waals surface area contributed by atoms with Crippen LogP contribution in [0.1, 0.15) is 35.8 Å². The number of aliphatic hydroxyl groups excluding tert-OH is 1. The summed E-state index contributed by atoms with van der Waals surface area (Å²) in [5.74, 6) is -0.117. The summed E-state index contributed by atoms with van der Waals surface area (Å²) in [7, 11) is 0. The van der Waals surface area contributed by atoms with E-state index in [-0.39, 0.29) is 12.0 Å². The Labute approximate surface area is 128 Å². The van der Waals surface area contributed by atoms with Crippen molar-refractivity contribution in [1.82, 2.24) is 10.3 Å². The number of carbonyl (C=O) groups is 1. The molecule has 0 radical (unpaired) electrons. The second-order valence-electron chi connectivity index (χ2n) is 4.98. The molecule has 1 aromatic heterocycles. The Morgan fingerprint density at radius 1 is 1.48 bits per heavy atom. The monoisotopic (exact) mass is 304 g/mol. The Kier molecular flexibility index (Phi) is 5.47. The van der Waals surface area contributed by atoms with Gasteiger partial charge in [-0.2, -0.15) is 0 Å². The van der Waals surface area contributed by atoms with Crippen LogP contribution in [0.3, 0.4) is 0 Å². The van der Waals surface area contributed by atoms with E-state index in [1.165, 1.54) is 0 Å². The number of aromatic nitrogens is 1. The van der Waals surface area contributed by atoms with Crippen molar-refractivity contribution in [3.8, 4) is 10.6 Å². The van der Waals surface area contributed by atoms with Crippen LogP contribution in [0.4, 0.5) is 0 Å². The molecule has 0 bridgehead atoms. The fourth-order valence-electron chi connectivity index (χ4n) is 1.94. The summed E-state index contributed by atoms with van der Waals surface area (Å²) < 4.78 is 0. The first-order valence-electron chi connectivity index (χ1n) is 7.09. The highest BCUT2D eigenvalue weighted by molar-refractivity contribution is 7.13. The SMILES string of the molecule is CCC(O)CCNC(=O)c1cccc(-c2nc(C)cs2)c1. The summed E-state index contributed by atoms with van der Waals surface area (Å²) in [6, 6.07) is 7.46. The molecule has 1 atom stereocenters. The minimum Gasteiger partial charge on any atom is -0.393 e. The Morgan fingerprint density at radius 3 is 2.95 bits per heavy atom. The molecule has 2 rings (SSSR count). The highest BCUT2D eigenvalue weighted by atomic mass is 32.1. The molecule has 0 aliphatic carbocycles. The number of amides is 1. The highest BCUT2D eigenvalue weighted by Crippen LogP contribution is 2.24. The number of carbonyl (C=O) groups excluding carboxylic acids is 1. The van der Waals surface area contributed by atoms with E-state index in [1.807, 2.05) is 37.4 Å². The van der Waals surface area contributed by atoms with Gasteiger partial charge in [-0.05, 0) is 31.9 Å². The molecule has 21 heavy (non-hydrogen) atoms. The molecule has 4 nitrogen and oxygen atoms in total. The maximum atomic E-state index is 12.1. The van der Waals surface area contributed by atoms with Crippen LogP contribution >= 0.6 is 11.3 Å². The predicted octanol–water partition coefficient (Wildman–Crippen LogP) is 3.01. The van der Waals surface area contributed by atoms with E-state index in [4.69, 9.17) is 0 Å². The summed E-state index contributed by atoms with van der Waals surface area (Å²) in [5, 5.41) is 15.2. The van der Waals surface area contributed by atoms with Crippen molar-refractivity contribution < 1.29 is 9.90 Å². The van der Waals surface area contributed by atoms with Crippen molar-refractivity contribution in [3.05, 3.63) is 40.9 Å². The normalized spacial score (nSPS) is 12.1. The van der Waals surface area contributed by atoms with Crippen LogP contribution in [0.5, 0.6) is 0 Å². The average Bonchev–Trinajstić information content (AvgIpc) is 2.93. The number of hydrogen-bond acceptors (Lipinski definition) is 4. The zero-order valence-electron chi connectivity index (χ0n) is 12.3. The predicted molar refractivity (Wildman–Crippen MR) is 85.5 cm³/mol. The number of nitrogens with one attached hydrogen (secondary N) is 1. The van der Waals surface area contributed by atoms with E-state index in [0.717, 1.165) is 16.3 Å². The zero-order valence-corrected chi connectivity index (χ0v) is 13.1. The van der Waals surface area contributed by atoms with E-state index in [1.54, 1.807) is 17.4 Å². The molecule has 0 spiro atoms. The Bertz CT molecular complexity index is 610. The van der Waals surface area contributed by atoms with Crippen molar-refractivity contribution in [1.29, 1.82) is 0 Å². The number of aliphatic hydroxyl groups is 1. The van der Waals surface area contributed by atoms with Gasteiger partial charge in [-0.1, -0.05) is 19.1 Å². The molecule has 1 heterocycles. The fraction of sp³-hybridized carbons (Fsp3) is 0.375. The number of hydrogen-bond donors (Lipinski definition) is 2. The lowest BCUT2D eigenvalue weighted by atomic mass is 10.1. The van der Waals surface area contributed by atoms with Crippen molar-refractivity contribution in [2.75, 3.05) is 6.54 Å². The molecule has 0 saturated heterocycles. The van der Waals surface area contributed by atoms with Crippen molar-refractivity contribution in [2.45, 2.75) is 32.8 Å². The third-order valence-corrected chi connectivity index (χ3v) is 4.23. The molecule has 1 amide bonds. The van der Waals surface area contributed by atoms with Crippen LogP contribution in [0, 0.1) is 6.92 Å². The van der Waals surface area contributed by atoms with Crippen LogP contribution in [0.25, 0.3) is 10.6 Å². The number of benzene rings is 1. The molecule has 1 aromatic carbocycles. The standard InChI is InChI=1S/C16H20N2O2S/c1-3-14(19)7-8-17-15(20)12-5-4-6-13(9-12)16-18-11(2)10-21-16/h4-6,9-10,14,19H,3,7-8H2,1-2H3,(H,17,20). The number of aryl methyl sites for hydroxylation is 1. The lowest BCUT2D eigenvalue weighted by Crippen LogP contribution is -2.27. The van der Waals surface area contributed by atoms with Crippen LogP contribution in [0.2, 0.25) is 0 Å². The van der Waals surface area contributed by atoms with Crippen molar-refractivity contribution in [2.24, 2.45) is 0 Å². The topological polar surface area (TPSA) is 62.2 Å². The van der Waals surface area contributed by atoms with Gasteiger partial charge in [0.05, 0.1) is 6.10 Å². The molecule has 112 valence electrons. The lowest BCUT2D eigenvalue weighted by Gasteiger charge is -2.09. The summed E-state index contributed by atoms with van der Waals surface area (Å²) in [6.07, 6.45) is 0.928. The third kappa shape index (κ3) is 4.37. The fourth-order valence-corrected chi connectivity index (χ4v) is 2.73. The second kappa shape index (κ2) is 7.33. The Hall–Kier alpha value is -1.72. The maximum Gasteiger partial charge on any atom is 0.251 e. The molecule has 0 fully saturated rings. The lowest BCUT2D eigenvalue weighted by molar-refractivity contribution is 0.0942. The Balaban J connectivity index is 2.02. The van der Waals surface area contributed by atoms with Gasteiger partial charge in [0.1, 0.15) is 5.01 Å². The molecule has 0 aliphatic rings. The van der Waals surface area contributed by atoms with Gasteiger partial charge in [0.2, 0.25) is 0 Å². The van der Waals surface area contributed by atoms with E-state index in [0.29, 0.717) is 24.9 Å². The quantitative estimate of drug-likeness (QED) is 0.862. The first kappa shape index (κ1) is 15.7. The summed E-state index contributed by atoms with van der Waals surface area (Å²) >= 11 is 1.57. The van der Waals surface area contributed by atoms with Gasteiger partial charge in [0, 0.05) is 28.7 Å². The smallest absolute Gasteiger partial charge is 0.251 e. The first-order chi connectivity index (χ1) is 10.1. The molecular weight excluding hydrogens is 284 g/mol. The van der Waals surface area contributed by atoms with Gasteiger partial charge in [-0.25, -0.2) is 4.98 Å². The molecular formula is C16H20N2O2S. The molecule has 5 heteroatoms. The van der Waals surface area contributed by atoms with Gasteiger partial charge in [-0.3, -0.25) is 4.79 Å². The Morgan fingerprint density at radius 2 is 2.29 bits per heavy atom. The number of rotatable bonds is 6. The molecule has 0 saturated carbocycles. The zero-order chi connectivity index (χ0) is 15.2. The van der Waals surface area contributed by atoms with Gasteiger partial charge < -0.3 is 10.4 Å². The van der Waals surface area contributed by atoms with E-state index >= 15 is 0 Å². The minimum absolute atomic E-state index is 0.117. The van der Waals surface area contributed by atoms with Crippen molar-refractivity contribution in [3.63, 3.8) is 0 Å². The highest BCUT2D eigenvalue weighted by Gasteiger charge is 2.09. The molecule has 2 aromatic rings. The third-order valence-electron chi connectivity index (χ3n) is 3.23. The summed E-state index contributed by atoms with van der Waals surface area (Å²) in [5.41, 5.74) is 2.55. The van der Waals surface area contributed by atoms with Crippen LogP contribution in [-0.4, -0.2) is 28.6 Å². The first-order valence-corrected chi connectivity index (χ1v) is 7.97. The van der Waals surface area contributed by atoms with Gasteiger partial charge >= 0.3 is 0 Å². The van der Waals surface area contributed by atoms with Gasteiger partial charge in [-0.15, -0.1) is 11.3 Å². The molecule has 1 unspecified atom stereocenters. The van der Waals surface area contributed by atoms with Crippen molar-refractivity contribution >= 4 is 17.2 Å². The van der Waals surface area contributed by atoms with E-state index in [9.17, 15) is 9.90 Å². The van der Waals surface area contributed by atoms with E-state index in [2.05, 4.69) is 10.3 Å². The minimum atomic E-state index is -0.352. The second-order valence-corrected chi connectivity index (χ2v) is 5.84. The van der Waals surface area contributed by atoms with Gasteiger partial charge in [0.25, 0.3) is 5.91 Å². The van der Waals surface area contributed by atoms with E-state index < -0.39 is 0 Å². The van der Waals surface area contributed by atoms with Gasteiger partial charge in [0.15, 0.2) is 0 Å². The van der Waals surface area contributed by atoms with Crippen LogP contribution in [0.15, 0.2) is 29.6 Å².